The summed E-state index contributed by atoms with van der Waals surface area (Å²) in [5.74, 6) is -1.15. The molecule has 4 rings (SSSR count). The van der Waals surface area contributed by atoms with Crippen LogP contribution >= 0.6 is 0 Å². The van der Waals surface area contributed by atoms with E-state index in [0.717, 1.165) is 57.7 Å². The Balaban J connectivity index is 1.22. The molecule has 1 unspecified atom stereocenters. The van der Waals surface area contributed by atoms with Gasteiger partial charge in [-0.15, -0.1) is 4.31 Å². The summed E-state index contributed by atoms with van der Waals surface area (Å²) in [6, 6.07) is 3.72. The number of anilines is 1. The lowest BCUT2D eigenvalue weighted by Crippen LogP contribution is -2.53. The first-order valence-corrected chi connectivity index (χ1v) is 12.1. The molecule has 1 atom stereocenters. The molecule has 2 heterocycles. The molecule has 6 nitrogen and oxygen atoms in total. The first-order valence-electron chi connectivity index (χ1n) is 10.9. The number of benzene rings is 1. The zero-order valence-corrected chi connectivity index (χ0v) is 18.3. The zero-order valence-electron chi connectivity index (χ0n) is 17.4. The fourth-order valence-corrected chi connectivity index (χ4v) is 6.09. The summed E-state index contributed by atoms with van der Waals surface area (Å²) in [5, 5.41) is 3.51. The maximum atomic E-state index is 13.5. The van der Waals surface area contributed by atoms with Crippen LogP contribution in [0.5, 0.6) is 0 Å². The van der Waals surface area contributed by atoms with Crippen molar-refractivity contribution >= 4 is 22.7 Å². The fourth-order valence-electron chi connectivity index (χ4n) is 4.41. The van der Waals surface area contributed by atoms with Gasteiger partial charge in [-0.2, -0.15) is 0 Å². The van der Waals surface area contributed by atoms with Crippen LogP contribution in [-0.4, -0.2) is 65.8 Å². The maximum Gasteiger partial charge on any atom is 0.317 e. The summed E-state index contributed by atoms with van der Waals surface area (Å²) in [4.78, 5) is 16.5. The summed E-state index contributed by atoms with van der Waals surface area (Å²) in [5.41, 5.74) is 0.547. The van der Waals surface area contributed by atoms with Crippen molar-refractivity contribution in [2.24, 2.45) is 0 Å². The van der Waals surface area contributed by atoms with Crippen LogP contribution in [0, 0.1) is 11.6 Å². The standard InChI is InChI=1S/C21H30F2N4O2S/c1-25(18-6-10-27(11-7-18)30(29)20-2-3-20)21(28)24-17-4-8-26(9-5-17)19-13-15(22)12-16(23)14-19/h12-14,17-18,20H,2-11H2,1H3,(H,24,28)/p+1. The molecule has 3 fully saturated rings. The lowest BCUT2D eigenvalue weighted by Gasteiger charge is -2.37. The number of piperidine rings is 2. The number of nitrogens with one attached hydrogen (secondary N) is 1. The van der Waals surface area contributed by atoms with E-state index >= 15 is 0 Å². The second-order valence-electron chi connectivity index (χ2n) is 8.67. The minimum absolute atomic E-state index is 0.0547. The van der Waals surface area contributed by atoms with Crippen LogP contribution in [0.2, 0.25) is 0 Å². The highest BCUT2D eigenvalue weighted by Crippen LogP contribution is 2.30. The Morgan fingerprint density at radius 3 is 2.17 bits per heavy atom. The summed E-state index contributed by atoms with van der Waals surface area (Å²) < 4.78 is 41.4. The number of hydrogen-bond donors (Lipinski definition) is 1. The third-order valence-corrected chi connectivity index (χ3v) is 8.58. The minimum atomic E-state index is -1.23. The quantitative estimate of drug-likeness (QED) is 0.565. The van der Waals surface area contributed by atoms with Gasteiger partial charge < -0.3 is 15.1 Å². The van der Waals surface area contributed by atoms with Crippen molar-refractivity contribution in [2.45, 2.75) is 55.9 Å². The van der Waals surface area contributed by atoms with E-state index in [9.17, 15) is 17.8 Å². The molecule has 1 aliphatic carbocycles. The van der Waals surface area contributed by atoms with Crippen LogP contribution in [0.25, 0.3) is 0 Å². The number of carbonyl (C=O) groups is 1. The number of amides is 2. The monoisotopic (exact) mass is 441 g/mol. The van der Waals surface area contributed by atoms with Gasteiger partial charge in [0.25, 0.3) is 0 Å². The molecule has 0 spiro atoms. The Kier molecular flexibility index (Phi) is 6.57. The van der Waals surface area contributed by atoms with E-state index in [1.54, 1.807) is 4.90 Å². The van der Waals surface area contributed by atoms with Crippen LogP contribution < -0.4 is 10.2 Å². The Labute approximate surface area is 179 Å². The number of nitrogens with zero attached hydrogens (tertiary/aromatic N) is 3. The van der Waals surface area contributed by atoms with Crippen LogP contribution in [0.3, 0.4) is 0 Å². The Morgan fingerprint density at radius 2 is 1.60 bits per heavy atom. The van der Waals surface area contributed by atoms with Gasteiger partial charge in [0.2, 0.25) is 0 Å². The molecule has 1 N–H and O–H groups in total. The molecule has 0 bridgehead atoms. The second-order valence-corrected chi connectivity index (χ2v) is 10.6. The van der Waals surface area contributed by atoms with Crippen molar-refractivity contribution in [1.29, 1.82) is 0 Å². The lowest BCUT2D eigenvalue weighted by molar-refractivity contribution is 0.159. The van der Waals surface area contributed by atoms with E-state index in [0.29, 0.717) is 24.0 Å². The molecular weight excluding hydrogens is 410 g/mol. The Hall–Kier alpha value is -1.74. The third kappa shape index (κ3) is 5.11. The van der Waals surface area contributed by atoms with Crippen molar-refractivity contribution < 1.29 is 17.8 Å². The summed E-state index contributed by atoms with van der Waals surface area (Å²) in [7, 11) is 0.605. The molecule has 2 saturated heterocycles. The molecule has 166 valence electrons. The van der Waals surface area contributed by atoms with E-state index in [2.05, 4.69) is 9.62 Å². The Morgan fingerprint density at radius 1 is 1.00 bits per heavy atom. The van der Waals surface area contributed by atoms with E-state index in [-0.39, 0.29) is 18.1 Å². The van der Waals surface area contributed by atoms with E-state index in [4.69, 9.17) is 0 Å². The van der Waals surface area contributed by atoms with Gasteiger partial charge in [-0.1, -0.05) is 4.21 Å². The van der Waals surface area contributed by atoms with Gasteiger partial charge in [-0.05, 0) is 37.8 Å². The van der Waals surface area contributed by atoms with Crippen LogP contribution in [-0.2, 0) is 15.2 Å². The van der Waals surface area contributed by atoms with Crippen molar-refractivity contribution in [1.82, 2.24) is 14.5 Å². The van der Waals surface area contributed by atoms with Gasteiger partial charge in [0.1, 0.15) is 27.9 Å². The average molecular weight is 442 g/mol. The molecule has 3 aliphatic rings. The number of halogens is 2. The number of hydrogen-bond acceptors (Lipinski definition) is 3. The van der Waals surface area contributed by atoms with Gasteiger partial charge in [-0.3, -0.25) is 0 Å². The smallest absolute Gasteiger partial charge is 0.317 e. The number of carbonyl (C=O) groups excluding carboxylic acids is 1. The van der Waals surface area contributed by atoms with Crippen molar-refractivity contribution in [3.05, 3.63) is 29.8 Å². The summed E-state index contributed by atoms with van der Waals surface area (Å²) in [6.45, 7) is 2.86. The first kappa shape index (κ1) is 21.5. The molecule has 0 aromatic heterocycles. The molecule has 1 saturated carbocycles. The molecule has 2 aliphatic heterocycles. The largest absolute Gasteiger partial charge is 0.371 e. The topological polar surface area (TPSA) is 55.9 Å². The van der Waals surface area contributed by atoms with Crippen molar-refractivity contribution in [3.8, 4) is 0 Å². The molecule has 0 radical (unpaired) electrons. The highest BCUT2D eigenvalue weighted by atomic mass is 32.2. The number of urea groups is 1. The predicted octanol–water partition coefficient (Wildman–Crippen LogP) is 2.81. The molecular formula is C21H31F2N4O2S+. The van der Waals surface area contributed by atoms with Crippen LogP contribution in [0.15, 0.2) is 18.2 Å². The maximum absolute atomic E-state index is 13.5. The van der Waals surface area contributed by atoms with E-state index in [1.807, 2.05) is 11.9 Å². The third-order valence-electron chi connectivity index (χ3n) is 6.48. The van der Waals surface area contributed by atoms with E-state index < -0.39 is 22.6 Å². The summed E-state index contributed by atoms with van der Waals surface area (Å²) >= 11 is 0. The van der Waals surface area contributed by atoms with Gasteiger partial charge in [0.05, 0.1) is 0 Å². The van der Waals surface area contributed by atoms with Gasteiger partial charge in [0.15, 0.2) is 0 Å². The van der Waals surface area contributed by atoms with Gasteiger partial charge >= 0.3 is 6.03 Å². The van der Waals surface area contributed by atoms with E-state index in [1.165, 1.54) is 12.1 Å². The van der Waals surface area contributed by atoms with Gasteiger partial charge in [0, 0.05) is 69.9 Å². The molecule has 2 amide bonds. The normalized spacial score (nSPS) is 22.7. The van der Waals surface area contributed by atoms with Crippen LogP contribution in [0.4, 0.5) is 19.3 Å². The highest BCUT2D eigenvalue weighted by Gasteiger charge is 2.40. The average Bonchev–Trinajstić information content (AvgIpc) is 3.58. The lowest BCUT2D eigenvalue weighted by atomic mass is 10.0. The molecule has 1 aromatic carbocycles. The SMILES string of the molecule is CN(C(=O)NC1CCN(c2cc(F)cc(F)c2)CC1)C1CCN([SH+](=O)C2CC2)CC1. The van der Waals surface area contributed by atoms with Crippen molar-refractivity contribution in [2.75, 3.05) is 38.1 Å². The van der Waals surface area contributed by atoms with Crippen LogP contribution in [0.1, 0.15) is 38.5 Å². The zero-order chi connectivity index (χ0) is 21.3. The fraction of sp³-hybridized carbons (Fsp3) is 0.667. The summed E-state index contributed by atoms with van der Waals surface area (Å²) in [6.07, 6.45) is 5.34. The minimum Gasteiger partial charge on any atom is -0.371 e. The predicted molar refractivity (Wildman–Crippen MR) is 115 cm³/mol. The number of rotatable bonds is 5. The first-order chi connectivity index (χ1) is 14.4. The second kappa shape index (κ2) is 9.18. The molecule has 30 heavy (non-hydrogen) atoms. The Bertz CT molecular complexity index is 771. The van der Waals surface area contributed by atoms with Gasteiger partial charge in [-0.25, -0.2) is 13.6 Å². The molecule has 1 aromatic rings. The molecule has 9 heteroatoms. The number of thiol groups is 1. The highest BCUT2D eigenvalue weighted by molar-refractivity contribution is 7.83. The van der Waals surface area contributed by atoms with Crippen molar-refractivity contribution in [3.63, 3.8) is 0 Å².